The highest BCUT2D eigenvalue weighted by Gasteiger charge is 2.30. The lowest BCUT2D eigenvalue weighted by Gasteiger charge is -2.31. The number of methoxy groups -OCH3 is 4. The van der Waals surface area contributed by atoms with Gasteiger partial charge >= 0.3 is 0 Å². The third kappa shape index (κ3) is 5.20. The zero-order valence-corrected chi connectivity index (χ0v) is 21.4. The van der Waals surface area contributed by atoms with Crippen molar-refractivity contribution < 1.29 is 28.5 Å². The molecular weight excluding hydrogens is 484 g/mol. The summed E-state index contributed by atoms with van der Waals surface area (Å²) in [7, 11) is 6.08. The first-order chi connectivity index (χ1) is 17.5. The molecule has 36 heavy (non-hydrogen) atoms. The van der Waals surface area contributed by atoms with Crippen LogP contribution in [-0.2, 0) is 0 Å². The molecule has 3 heterocycles. The van der Waals surface area contributed by atoms with Crippen molar-refractivity contribution in [2.24, 2.45) is 0 Å². The van der Waals surface area contributed by atoms with Crippen LogP contribution in [0.25, 0.3) is 0 Å². The first-order valence-corrected chi connectivity index (χ1v) is 12.2. The number of rotatable bonds is 8. The lowest BCUT2D eigenvalue weighted by atomic mass is 9.97. The van der Waals surface area contributed by atoms with Crippen LogP contribution in [0.5, 0.6) is 23.1 Å². The molecule has 2 aromatic heterocycles. The summed E-state index contributed by atoms with van der Waals surface area (Å²) >= 11 is 1.46. The van der Waals surface area contributed by atoms with E-state index in [0.29, 0.717) is 53.2 Å². The summed E-state index contributed by atoms with van der Waals surface area (Å²) in [5, 5.41) is 5.45. The number of nitrogens with zero attached hydrogens (tertiary/aromatic N) is 3. The second kappa shape index (κ2) is 11.3. The summed E-state index contributed by atoms with van der Waals surface area (Å²) in [5.41, 5.74) is 1.35. The third-order valence-electron chi connectivity index (χ3n) is 6.02. The number of carbonyl (C=O) groups excluding carboxylic acids is 2. The number of aromatic nitrogens is 2. The van der Waals surface area contributed by atoms with Crippen molar-refractivity contribution in [3.05, 3.63) is 52.1 Å². The first kappa shape index (κ1) is 25.2. The fourth-order valence-corrected chi connectivity index (χ4v) is 5.09. The molecule has 0 spiro atoms. The molecule has 4 rings (SSSR count). The Morgan fingerprint density at radius 1 is 0.972 bits per heavy atom. The normalized spacial score (nSPS) is 13.7. The van der Waals surface area contributed by atoms with E-state index in [1.54, 1.807) is 34.5 Å². The van der Waals surface area contributed by atoms with Crippen molar-refractivity contribution >= 4 is 28.8 Å². The number of ether oxygens (including phenoxy) is 4. The van der Waals surface area contributed by atoms with Gasteiger partial charge in [-0.05, 0) is 31.0 Å². The zero-order valence-electron chi connectivity index (χ0n) is 20.6. The predicted octanol–water partition coefficient (Wildman–Crippen LogP) is 3.84. The van der Waals surface area contributed by atoms with Crippen molar-refractivity contribution in [3.63, 3.8) is 0 Å². The number of carbonyl (C=O) groups is 2. The van der Waals surface area contributed by atoms with Crippen LogP contribution in [-0.4, -0.2) is 68.2 Å². The largest absolute Gasteiger partial charge is 0.493 e. The minimum Gasteiger partial charge on any atom is -0.493 e. The summed E-state index contributed by atoms with van der Waals surface area (Å²) in [5.74, 6) is 1.47. The van der Waals surface area contributed by atoms with Gasteiger partial charge in [0.15, 0.2) is 11.5 Å². The highest BCUT2D eigenvalue weighted by Crippen LogP contribution is 2.41. The van der Waals surface area contributed by atoms with E-state index in [-0.39, 0.29) is 17.7 Å². The van der Waals surface area contributed by atoms with Gasteiger partial charge in [0, 0.05) is 30.5 Å². The zero-order chi connectivity index (χ0) is 25.7. The van der Waals surface area contributed by atoms with E-state index in [0.717, 1.165) is 17.8 Å². The lowest BCUT2D eigenvalue weighted by Crippen LogP contribution is -2.38. The van der Waals surface area contributed by atoms with E-state index >= 15 is 0 Å². The Balaban J connectivity index is 1.38. The monoisotopic (exact) mass is 512 g/mol. The molecule has 10 nitrogen and oxygen atoms in total. The van der Waals surface area contributed by atoms with Crippen LogP contribution in [0.3, 0.4) is 0 Å². The predicted molar refractivity (Wildman–Crippen MR) is 135 cm³/mol. The lowest BCUT2D eigenvalue weighted by molar-refractivity contribution is 0.0708. The molecule has 0 atom stereocenters. The summed E-state index contributed by atoms with van der Waals surface area (Å²) < 4.78 is 21.2. The molecule has 2 amide bonds. The second-order valence-corrected chi connectivity index (χ2v) is 8.95. The minimum atomic E-state index is -0.294. The Morgan fingerprint density at radius 2 is 1.72 bits per heavy atom. The van der Waals surface area contributed by atoms with Crippen LogP contribution in [0.2, 0.25) is 0 Å². The van der Waals surface area contributed by atoms with Crippen LogP contribution >= 0.6 is 11.3 Å². The summed E-state index contributed by atoms with van der Waals surface area (Å²) in [6.45, 7) is 1.14. The minimum absolute atomic E-state index is 0.126. The van der Waals surface area contributed by atoms with Gasteiger partial charge in [-0.15, -0.1) is 11.3 Å². The van der Waals surface area contributed by atoms with Gasteiger partial charge in [0.1, 0.15) is 5.69 Å². The van der Waals surface area contributed by atoms with Crippen LogP contribution in [0.15, 0.2) is 35.8 Å². The number of piperidine rings is 1. The van der Waals surface area contributed by atoms with Crippen molar-refractivity contribution in [2.45, 2.75) is 18.8 Å². The molecule has 1 aliphatic rings. The van der Waals surface area contributed by atoms with Gasteiger partial charge < -0.3 is 29.2 Å². The van der Waals surface area contributed by atoms with Gasteiger partial charge in [-0.2, -0.15) is 0 Å². The maximum atomic E-state index is 13.3. The van der Waals surface area contributed by atoms with E-state index in [2.05, 4.69) is 15.3 Å². The molecule has 190 valence electrons. The van der Waals surface area contributed by atoms with Crippen molar-refractivity contribution in [1.82, 2.24) is 14.9 Å². The molecule has 1 aromatic carbocycles. The van der Waals surface area contributed by atoms with Gasteiger partial charge in [-0.25, -0.2) is 9.97 Å². The van der Waals surface area contributed by atoms with Crippen LogP contribution in [0.1, 0.15) is 44.6 Å². The van der Waals surface area contributed by atoms with E-state index in [4.69, 9.17) is 18.9 Å². The molecule has 11 heteroatoms. The molecular formula is C25H28N4O6S. The highest BCUT2D eigenvalue weighted by molar-refractivity contribution is 7.10. The summed E-state index contributed by atoms with van der Waals surface area (Å²) in [6.07, 6.45) is 3.03. The Hall–Kier alpha value is -3.86. The number of benzene rings is 1. The van der Waals surface area contributed by atoms with Crippen molar-refractivity contribution in [3.8, 4) is 23.1 Å². The number of anilines is 1. The molecule has 1 fully saturated rings. The number of thiazole rings is 1. The van der Waals surface area contributed by atoms with Crippen molar-refractivity contribution in [1.29, 1.82) is 0 Å². The fourth-order valence-electron chi connectivity index (χ4n) is 4.12. The Morgan fingerprint density at radius 3 is 2.33 bits per heavy atom. The Labute approximate surface area is 213 Å². The average molecular weight is 513 g/mol. The van der Waals surface area contributed by atoms with Gasteiger partial charge in [0.2, 0.25) is 11.6 Å². The number of nitrogens with one attached hydrogen (secondary N) is 1. The Bertz CT molecular complexity index is 1220. The number of hydrogen-bond acceptors (Lipinski definition) is 9. The molecule has 0 aliphatic carbocycles. The summed E-state index contributed by atoms with van der Waals surface area (Å²) in [6, 6.07) is 6.79. The number of likely N-dealkylation sites (tertiary alicyclic amines) is 1. The maximum Gasteiger partial charge on any atom is 0.275 e. The SMILES string of the molecule is COc1ccc(NC(=O)c2csc(C3CCN(C(=O)c4ccc(OC)c(OC)c4OC)CC3)n2)cn1. The van der Waals surface area contributed by atoms with Gasteiger partial charge in [0.05, 0.1) is 50.9 Å². The molecule has 0 bridgehead atoms. The van der Waals surface area contributed by atoms with Gasteiger partial charge in [0.25, 0.3) is 11.8 Å². The fraction of sp³-hybridized carbons (Fsp3) is 0.360. The van der Waals surface area contributed by atoms with Gasteiger partial charge in [-0.1, -0.05) is 0 Å². The van der Waals surface area contributed by atoms with E-state index in [1.165, 1.54) is 46.0 Å². The second-order valence-electron chi connectivity index (χ2n) is 8.06. The molecule has 0 saturated carbocycles. The molecule has 1 saturated heterocycles. The van der Waals surface area contributed by atoms with Crippen LogP contribution in [0, 0.1) is 0 Å². The van der Waals surface area contributed by atoms with E-state index in [1.807, 2.05) is 0 Å². The number of hydrogen-bond donors (Lipinski definition) is 1. The Kier molecular flexibility index (Phi) is 7.89. The molecule has 0 unspecified atom stereocenters. The highest BCUT2D eigenvalue weighted by atomic mass is 32.1. The van der Waals surface area contributed by atoms with E-state index < -0.39 is 0 Å². The first-order valence-electron chi connectivity index (χ1n) is 11.3. The topological polar surface area (TPSA) is 112 Å². The smallest absolute Gasteiger partial charge is 0.275 e. The van der Waals surface area contributed by atoms with Gasteiger partial charge in [-0.3, -0.25) is 9.59 Å². The number of amides is 2. The maximum absolute atomic E-state index is 13.3. The molecule has 1 N–H and O–H groups in total. The third-order valence-corrected chi connectivity index (χ3v) is 7.03. The van der Waals surface area contributed by atoms with E-state index in [9.17, 15) is 9.59 Å². The standard InChI is InChI=1S/C25H28N4O6S/c1-32-19-7-6-17(21(34-3)22(19)35-4)25(31)29-11-9-15(10-12-29)24-28-18(14-36-24)23(30)27-16-5-8-20(33-2)26-13-16/h5-8,13-15H,9-12H2,1-4H3,(H,27,30). The van der Waals surface area contributed by atoms with Crippen molar-refractivity contribution in [2.75, 3.05) is 46.8 Å². The summed E-state index contributed by atoms with van der Waals surface area (Å²) in [4.78, 5) is 36.3. The number of pyridine rings is 1. The molecule has 1 aliphatic heterocycles. The van der Waals surface area contributed by atoms with Crippen LogP contribution < -0.4 is 24.3 Å². The quantitative estimate of drug-likeness (QED) is 0.485. The molecule has 3 aromatic rings. The average Bonchev–Trinajstić information content (AvgIpc) is 3.43. The van der Waals surface area contributed by atoms with Crippen LogP contribution in [0.4, 0.5) is 5.69 Å². The molecule has 0 radical (unpaired) electrons.